The van der Waals surface area contributed by atoms with Gasteiger partial charge in [-0.05, 0) is 50.1 Å². The van der Waals surface area contributed by atoms with E-state index >= 15 is 0 Å². The summed E-state index contributed by atoms with van der Waals surface area (Å²) in [6.07, 6.45) is 7.82. The average Bonchev–Trinajstić information content (AvgIpc) is 3.14. The summed E-state index contributed by atoms with van der Waals surface area (Å²) in [5, 5.41) is 4.65. The van der Waals surface area contributed by atoms with E-state index in [2.05, 4.69) is 52.3 Å². The van der Waals surface area contributed by atoms with Crippen LogP contribution in [-0.2, 0) is 6.54 Å². The highest BCUT2D eigenvalue weighted by molar-refractivity contribution is 6.48. The molecule has 27 heavy (non-hydrogen) atoms. The van der Waals surface area contributed by atoms with Crippen molar-refractivity contribution in [3.8, 4) is 0 Å². The third-order valence-electron chi connectivity index (χ3n) is 4.92. The van der Waals surface area contributed by atoms with Crippen molar-refractivity contribution in [1.82, 2.24) is 9.55 Å². The number of aryl methyl sites for hydroxylation is 1. The van der Waals surface area contributed by atoms with Crippen LogP contribution in [0.5, 0.6) is 0 Å². The van der Waals surface area contributed by atoms with Crippen LogP contribution in [0, 0.1) is 0 Å². The van der Waals surface area contributed by atoms with Gasteiger partial charge in [0.05, 0.1) is 18.0 Å². The fraction of sp³-hybridized carbons (Fsp3) is 0.318. The fourth-order valence-electron chi connectivity index (χ4n) is 3.54. The highest BCUT2D eigenvalue weighted by Gasteiger charge is 2.16. The van der Waals surface area contributed by atoms with E-state index in [-0.39, 0.29) is 0 Å². The molecule has 0 saturated carbocycles. The van der Waals surface area contributed by atoms with E-state index in [4.69, 9.17) is 9.98 Å². The van der Waals surface area contributed by atoms with E-state index < -0.39 is 0 Å². The van der Waals surface area contributed by atoms with Crippen LogP contribution in [0.25, 0.3) is 10.9 Å². The number of anilines is 1. The number of hydrogen-bond acceptors (Lipinski definition) is 4. The lowest BCUT2D eigenvalue weighted by molar-refractivity contribution is 0.797. The van der Waals surface area contributed by atoms with Crippen LogP contribution >= 0.6 is 0 Å². The monoisotopic (exact) mass is 359 g/mol. The Morgan fingerprint density at radius 3 is 2.89 bits per heavy atom. The third kappa shape index (κ3) is 3.92. The summed E-state index contributed by atoms with van der Waals surface area (Å²) in [4.78, 5) is 13.7. The largest absolute Gasteiger partial charge is 0.383 e. The van der Waals surface area contributed by atoms with Gasteiger partial charge in [-0.1, -0.05) is 6.07 Å². The molecule has 0 aliphatic carbocycles. The molecule has 5 nitrogen and oxygen atoms in total. The molecule has 1 N–H and O–H groups in total. The standard InChI is InChI=1S/C22H25N5/c1-2-27-15-9-17-16-18(5-6-21(17)27)22-20(4-3-10-26-22)25-14-13-24-19-7-11-23-12-8-19/h5-9,11-12,15-16H,2-4,10,13-14H2,1H3,(H,23,24). The fourth-order valence-corrected chi connectivity index (χ4v) is 3.54. The summed E-state index contributed by atoms with van der Waals surface area (Å²) >= 11 is 0. The second-order valence-electron chi connectivity index (χ2n) is 6.70. The van der Waals surface area contributed by atoms with Gasteiger partial charge in [-0.25, -0.2) is 0 Å². The van der Waals surface area contributed by atoms with Crippen LogP contribution in [0.1, 0.15) is 25.3 Å². The molecule has 138 valence electrons. The first-order valence-electron chi connectivity index (χ1n) is 9.66. The minimum atomic E-state index is 0.741. The van der Waals surface area contributed by atoms with Crippen LogP contribution in [0.15, 0.2) is 65.0 Å². The molecular formula is C22H25N5. The van der Waals surface area contributed by atoms with Crippen molar-refractivity contribution in [1.29, 1.82) is 0 Å². The van der Waals surface area contributed by atoms with Crippen molar-refractivity contribution in [2.45, 2.75) is 26.3 Å². The number of rotatable bonds is 6. The van der Waals surface area contributed by atoms with Gasteiger partial charge in [-0.15, -0.1) is 0 Å². The maximum absolute atomic E-state index is 4.86. The number of hydrogen-bond donors (Lipinski definition) is 1. The Morgan fingerprint density at radius 2 is 2.04 bits per heavy atom. The first-order valence-corrected chi connectivity index (χ1v) is 9.66. The molecular weight excluding hydrogens is 334 g/mol. The predicted octanol–water partition coefficient (Wildman–Crippen LogP) is 4.19. The Balaban J connectivity index is 1.49. The number of pyridine rings is 1. The van der Waals surface area contributed by atoms with E-state index in [1.165, 1.54) is 16.5 Å². The van der Waals surface area contributed by atoms with Crippen LogP contribution < -0.4 is 5.32 Å². The summed E-state index contributed by atoms with van der Waals surface area (Å²) < 4.78 is 2.27. The zero-order valence-corrected chi connectivity index (χ0v) is 15.7. The van der Waals surface area contributed by atoms with Crippen molar-refractivity contribution in [3.63, 3.8) is 0 Å². The molecule has 0 unspecified atom stereocenters. The van der Waals surface area contributed by atoms with E-state index in [0.717, 1.165) is 56.1 Å². The lowest BCUT2D eigenvalue weighted by Gasteiger charge is -2.16. The lowest BCUT2D eigenvalue weighted by Crippen LogP contribution is -2.22. The van der Waals surface area contributed by atoms with Gasteiger partial charge in [0.1, 0.15) is 0 Å². The van der Waals surface area contributed by atoms with Gasteiger partial charge in [-0.3, -0.25) is 15.0 Å². The number of aromatic nitrogens is 2. The van der Waals surface area contributed by atoms with Crippen LogP contribution in [0.2, 0.25) is 0 Å². The first-order chi connectivity index (χ1) is 13.3. The molecule has 0 fully saturated rings. The molecule has 0 bridgehead atoms. The van der Waals surface area contributed by atoms with E-state index in [1.54, 1.807) is 12.4 Å². The molecule has 2 aromatic heterocycles. The number of benzene rings is 1. The molecule has 3 heterocycles. The Hall–Kier alpha value is -2.95. The van der Waals surface area contributed by atoms with Gasteiger partial charge in [0.15, 0.2) is 0 Å². The average molecular weight is 359 g/mol. The van der Waals surface area contributed by atoms with E-state index in [0.29, 0.717) is 0 Å². The second kappa shape index (κ2) is 8.16. The quantitative estimate of drug-likeness (QED) is 0.671. The molecule has 1 aliphatic rings. The molecule has 1 aromatic carbocycles. The van der Waals surface area contributed by atoms with Crippen LogP contribution in [0.3, 0.4) is 0 Å². The van der Waals surface area contributed by atoms with E-state index in [9.17, 15) is 0 Å². The topological polar surface area (TPSA) is 54.6 Å². The first kappa shape index (κ1) is 17.5. The second-order valence-corrected chi connectivity index (χ2v) is 6.70. The lowest BCUT2D eigenvalue weighted by atomic mass is 9.98. The maximum Gasteiger partial charge on any atom is 0.0857 e. The van der Waals surface area contributed by atoms with Gasteiger partial charge < -0.3 is 9.88 Å². The zero-order chi connectivity index (χ0) is 18.5. The molecule has 4 rings (SSSR count). The molecule has 5 heteroatoms. The maximum atomic E-state index is 4.86. The van der Waals surface area contributed by atoms with Gasteiger partial charge in [0.25, 0.3) is 0 Å². The molecule has 0 radical (unpaired) electrons. The smallest absolute Gasteiger partial charge is 0.0857 e. The normalized spacial score (nSPS) is 15.9. The Morgan fingerprint density at radius 1 is 1.15 bits per heavy atom. The molecule has 1 aliphatic heterocycles. The number of aliphatic imine (C=N–C) groups is 2. The third-order valence-corrected chi connectivity index (χ3v) is 4.92. The van der Waals surface area contributed by atoms with E-state index in [1.807, 2.05) is 12.1 Å². The number of nitrogens with zero attached hydrogens (tertiary/aromatic N) is 4. The predicted molar refractivity (Wildman–Crippen MR) is 113 cm³/mol. The van der Waals surface area contributed by atoms with Gasteiger partial charge in [0.2, 0.25) is 0 Å². The van der Waals surface area contributed by atoms with Crippen molar-refractivity contribution in [3.05, 3.63) is 60.6 Å². The highest BCUT2D eigenvalue weighted by Crippen LogP contribution is 2.20. The minimum absolute atomic E-state index is 0.741. The number of fused-ring (bicyclic) bond motifs is 1. The summed E-state index contributed by atoms with van der Waals surface area (Å²) in [5.41, 5.74) is 5.73. The van der Waals surface area contributed by atoms with Crippen LogP contribution in [0.4, 0.5) is 5.69 Å². The Kier molecular flexibility index (Phi) is 5.28. The summed E-state index contributed by atoms with van der Waals surface area (Å²) in [6, 6.07) is 12.8. The van der Waals surface area contributed by atoms with Crippen molar-refractivity contribution in [2.75, 3.05) is 25.0 Å². The molecule has 0 saturated heterocycles. The minimum Gasteiger partial charge on any atom is -0.383 e. The summed E-state index contributed by atoms with van der Waals surface area (Å²) in [7, 11) is 0. The van der Waals surface area contributed by atoms with Gasteiger partial charge in [-0.2, -0.15) is 0 Å². The number of nitrogens with one attached hydrogen (secondary N) is 1. The SMILES string of the molecule is CCn1ccc2cc(C3=NCCCC3=NCCNc3ccncc3)ccc21. The molecule has 3 aromatic rings. The summed E-state index contributed by atoms with van der Waals surface area (Å²) in [5.74, 6) is 0. The van der Waals surface area contributed by atoms with Gasteiger partial charge >= 0.3 is 0 Å². The van der Waals surface area contributed by atoms with Crippen LogP contribution in [-0.4, -0.2) is 40.6 Å². The molecule has 0 atom stereocenters. The molecule has 0 amide bonds. The molecule has 0 spiro atoms. The summed E-state index contributed by atoms with van der Waals surface area (Å²) in [6.45, 7) is 5.59. The Labute approximate surface area is 159 Å². The van der Waals surface area contributed by atoms with Crippen molar-refractivity contribution < 1.29 is 0 Å². The highest BCUT2D eigenvalue weighted by atomic mass is 14.9. The Bertz CT molecular complexity index is 969. The van der Waals surface area contributed by atoms with Crippen molar-refractivity contribution >= 4 is 28.0 Å². The van der Waals surface area contributed by atoms with Gasteiger partial charge in [0, 0.05) is 60.4 Å². The van der Waals surface area contributed by atoms with Crippen molar-refractivity contribution in [2.24, 2.45) is 9.98 Å². The zero-order valence-electron chi connectivity index (χ0n) is 15.7.